The van der Waals surface area contributed by atoms with Crippen LogP contribution in [0.1, 0.15) is 6.42 Å². The smallest absolute Gasteiger partial charge is 1.00 e. The van der Waals surface area contributed by atoms with Crippen molar-refractivity contribution in [1.82, 2.24) is 0 Å². The largest absolute Gasteiger partial charge is 2.00 e. The zero-order valence-electron chi connectivity index (χ0n) is 8.40. The maximum Gasteiger partial charge on any atom is 2.00 e. The van der Waals surface area contributed by atoms with Gasteiger partial charge < -0.3 is 24.8 Å². The van der Waals surface area contributed by atoms with E-state index in [4.69, 9.17) is 0 Å². The van der Waals surface area contributed by atoms with Gasteiger partial charge in [0.2, 0.25) is 0 Å². The van der Waals surface area contributed by atoms with E-state index in [9.17, 15) is 0 Å². The standard InChI is InChI=1S/C9H16Si.2ClH.Zr/c1-10(2,3)8-9-6-4-5-7-9;;;/h4-6H,7-8H2,1-3H3;2*1H;/q;;;+2/p-2. The van der Waals surface area contributed by atoms with Crippen molar-refractivity contribution in [2.24, 2.45) is 0 Å². The molecule has 0 saturated carbocycles. The zero-order chi connectivity index (χ0) is 7.61. The predicted molar refractivity (Wildman–Crippen MR) is 50.0 cm³/mol. The first-order valence-corrected chi connectivity index (χ1v) is 7.63. The fourth-order valence-corrected chi connectivity index (χ4v) is 2.93. The van der Waals surface area contributed by atoms with Gasteiger partial charge in [0.05, 0.1) is 0 Å². The van der Waals surface area contributed by atoms with Crippen molar-refractivity contribution < 1.29 is 51.0 Å². The molecule has 1 aliphatic rings. The minimum atomic E-state index is -0.831. The molecule has 0 unspecified atom stereocenters. The summed E-state index contributed by atoms with van der Waals surface area (Å²) in [6.07, 6.45) is 7.91. The third-order valence-electron chi connectivity index (χ3n) is 1.61. The van der Waals surface area contributed by atoms with Crippen LogP contribution in [0.5, 0.6) is 0 Å². The van der Waals surface area contributed by atoms with E-state index in [0.29, 0.717) is 0 Å². The van der Waals surface area contributed by atoms with Crippen LogP contribution in [0.2, 0.25) is 25.7 Å². The van der Waals surface area contributed by atoms with Crippen molar-refractivity contribution in [1.29, 1.82) is 0 Å². The van der Waals surface area contributed by atoms with Gasteiger partial charge >= 0.3 is 26.2 Å². The molecule has 74 valence electrons. The summed E-state index contributed by atoms with van der Waals surface area (Å²) in [5.41, 5.74) is 1.64. The molecule has 0 aromatic carbocycles. The third kappa shape index (κ3) is 9.46. The first kappa shape index (κ1) is 19.7. The summed E-state index contributed by atoms with van der Waals surface area (Å²) < 4.78 is 0. The molecule has 4 heteroatoms. The molecule has 13 heavy (non-hydrogen) atoms. The summed E-state index contributed by atoms with van der Waals surface area (Å²) in [6, 6.07) is 1.38. The molecule has 0 aliphatic heterocycles. The summed E-state index contributed by atoms with van der Waals surface area (Å²) in [7, 11) is -0.831. The SMILES string of the molecule is C[Si](C)(C)CC1=CC=CC1.[Cl-].[Cl-].[Zr+2]. The Hall–Kier alpha value is 1.16. The Balaban J connectivity index is -0.000000333. The number of allylic oxidation sites excluding steroid dienone is 4. The first-order chi connectivity index (χ1) is 4.58. The van der Waals surface area contributed by atoms with E-state index in [-0.39, 0.29) is 51.0 Å². The van der Waals surface area contributed by atoms with Gasteiger partial charge in [-0.1, -0.05) is 43.4 Å². The fourth-order valence-electron chi connectivity index (χ4n) is 1.30. The van der Waals surface area contributed by atoms with Crippen LogP contribution in [0.15, 0.2) is 23.8 Å². The summed E-state index contributed by atoms with van der Waals surface area (Å²) >= 11 is 0. The second-order valence-corrected chi connectivity index (χ2v) is 9.67. The molecule has 0 fully saturated rings. The fraction of sp³-hybridized carbons (Fsp3) is 0.556. The maximum atomic E-state index is 2.42. The minimum absolute atomic E-state index is 0. The molecule has 0 heterocycles. The number of hydrogen-bond donors (Lipinski definition) is 0. The van der Waals surface area contributed by atoms with Gasteiger partial charge in [-0.15, -0.1) is 0 Å². The molecular weight excluding hydrogens is 298 g/mol. The summed E-state index contributed by atoms with van der Waals surface area (Å²) in [5.74, 6) is 0. The van der Waals surface area contributed by atoms with E-state index in [1.807, 2.05) is 0 Å². The van der Waals surface area contributed by atoms with Gasteiger partial charge in [0.1, 0.15) is 0 Å². The Morgan fingerprint density at radius 1 is 1.23 bits per heavy atom. The van der Waals surface area contributed by atoms with E-state index in [2.05, 4.69) is 37.9 Å². The van der Waals surface area contributed by atoms with Gasteiger partial charge in [0.15, 0.2) is 0 Å². The normalized spacial score (nSPS) is 13.6. The number of rotatable bonds is 2. The van der Waals surface area contributed by atoms with E-state index >= 15 is 0 Å². The molecular formula is C9H16Cl2SiZr. The van der Waals surface area contributed by atoms with Crippen LogP contribution in [-0.2, 0) is 26.2 Å². The van der Waals surface area contributed by atoms with Crippen LogP contribution in [0.25, 0.3) is 0 Å². The Morgan fingerprint density at radius 3 is 2.08 bits per heavy atom. The van der Waals surface area contributed by atoms with E-state index in [0.717, 1.165) is 0 Å². The van der Waals surface area contributed by atoms with Crippen LogP contribution < -0.4 is 24.8 Å². The average Bonchev–Trinajstić information content (AvgIpc) is 2.12. The molecule has 1 rings (SSSR count). The molecule has 0 atom stereocenters. The van der Waals surface area contributed by atoms with Crippen molar-refractivity contribution in [3.8, 4) is 0 Å². The Morgan fingerprint density at radius 2 is 1.77 bits per heavy atom. The average molecular weight is 314 g/mol. The van der Waals surface area contributed by atoms with Crippen LogP contribution in [0.4, 0.5) is 0 Å². The van der Waals surface area contributed by atoms with Crippen LogP contribution in [0.3, 0.4) is 0 Å². The van der Waals surface area contributed by atoms with Crippen molar-refractivity contribution in [2.75, 3.05) is 0 Å². The topological polar surface area (TPSA) is 0 Å². The van der Waals surface area contributed by atoms with Gasteiger partial charge in [-0.25, -0.2) is 0 Å². The zero-order valence-corrected chi connectivity index (χ0v) is 13.4. The molecule has 0 amide bonds. The van der Waals surface area contributed by atoms with Gasteiger partial charge in [0.25, 0.3) is 0 Å². The van der Waals surface area contributed by atoms with Gasteiger partial charge in [0, 0.05) is 8.07 Å². The summed E-state index contributed by atoms with van der Waals surface area (Å²) in [5, 5.41) is 0. The minimum Gasteiger partial charge on any atom is -1.00 e. The molecule has 0 aromatic heterocycles. The second kappa shape index (κ2) is 8.47. The molecule has 0 N–H and O–H groups in total. The van der Waals surface area contributed by atoms with Crippen LogP contribution in [-0.4, -0.2) is 8.07 Å². The third-order valence-corrected chi connectivity index (χ3v) is 3.12. The van der Waals surface area contributed by atoms with Crippen molar-refractivity contribution in [2.45, 2.75) is 32.1 Å². The Bertz CT molecular complexity index is 183. The van der Waals surface area contributed by atoms with Gasteiger partial charge in [-0.2, -0.15) is 0 Å². The van der Waals surface area contributed by atoms with Crippen molar-refractivity contribution >= 4 is 8.07 Å². The van der Waals surface area contributed by atoms with Crippen LogP contribution in [0, 0.1) is 0 Å². The monoisotopic (exact) mass is 312 g/mol. The maximum absolute atomic E-state index is 2.42. The van der Waals surface area contributed by atoms with E-state index < -0.39 is 8.07 Å². The number of hydrogen-bond acceptors (Lipinski definition) is 0. The van der Waals surface area contributed by atoms with E-state index in [1.165, 1.54) is 12.5 Å². The predicted octanol–water partition coefficient (Wildman–Crippen LogP) is -2.78. The van der Waals surface area contributed by atoms with Crippen molar-refractivity contribution in [3.05, 3.63) is 23.8 Å². The van der Waals surface area contributed by atoms with Crippen LogP contribution >= 0.6 is 0 Å². The molecule has 0 bridgehead atoms. The molecule has 1 aliphatic carbocycles. The van der Waals surface area contributed by atoms with Gasteiger partial charge in [-0.05, 0) is 12.5 Å². The molecule has 0 radical (unpaired) electrons. The number of halogens is 2. The Labute approximate surface area is 114 Å². The molecule has 0 nitrogen and oxygen atoms in total. The van der Waals surface area contributed by atoms with E-state index in [1.54, 1.807) is 5.57 Å². The van der Waals surface area contributed by atoms with Crippen molar-refractivity contribution in [3.63, 3.8) is 0 Å². The summed E-state index contributed by atoms with van der Waals surface area (Å²) in [4.78, 5) is 0. The Kier molecular flexibility index (Phi) is 12.8. The van der Waals surface area contributed by atoms with Gasteiger partial charge in [-0.3, -0.25) is 0 Å². The molecule has 0 spiro atoms. The summed E-state index contributed by atoms with van der Waals surface area (Å²) in [6.45, 7) is 7.27. The first-order valence-electron chi connectivity index (χ1n) is 3.92. The quantitative estimate of drug-likeness (QED) is 0.484. The molecule has 0 aromatic rings. The second-order valence-electron chi connectivity index (χ2n) is 4.19. The molecule has 0 saturated heterocycles.